The van der Waals surface area contributed by atoms with Crippen molar-refractivity contribution in [1.82, 2.24) is 0 Å². The summed E-state index contributed by atoms with van der Waals surface area (Å²) in [6.45, 7) is 20.6. The number of benzene rings is 4. The van der Waals surface area contributed by atoms with E-state index in [1.54, 1.807) is 109 Å². The number of ether oxygens (including phenoxy) is 13. The quantitative estimate of drug-likeness (QED) is 0.0122. The molecule has 102 heavy (non-hydrogen) atoms. The Hall–Kier alpha value is -7.18. The van der Waals surface area contributed by atoms with Gasteiger partial charge in [-0.2, -0.15) is 0 Å². The van der Waals surface area contributed by atoms with Gasteiger partial charge in [-0.05, 0) is 152 Å². The number of carbonyl (C=O) groups is 8. The third kappa shape index (κ3) is 39.5. The number of aldehydes is 1. The van der Waals surface area contributed by atoms with Gasteiger partial charge in [0.15, 0.2) is 32.2 Å². The van der Waals surface area contributed by atoms with Crippen molar-refractivity contribution in [2.24, 2.45) is 0 Å². The maximum Gasteiger partial charge on any atom is 1.00 e. The van der Waals surface area contributed by atoms with E-state index in [0.29, 0.717) is 129 Å². The van der Waals surface area contributed by atoms with Crippen LogP contribution in [0.25, 0.3) is 6.08 Å². The fraction of sp³-hybridized carbons (Fsp3) is 0.478. The zero-order chi connectivity index (χ0) is 74.8. The summed E-state index contributed by atoms with van der Waals surface area (Å²) in [5, 5.41) is 35.8. The molecule has 3 aliphatic heterocycles. The van der Waals surface area contributed by atoms with E-state index >= 15 is 0 Å². The van der Waals surface area contributed by atoms with Gasteiger partial charge in [-0.3, -0.25) is 29.8 Å². The van der Waals surface area contributed by atoms with Crippen LogP contribution in [0.2, 0.25) is 0 Å². The summed E-state index contributed by atoms with van der Waals surface area (Å²) in [6, 6.07) is 19.8. The van der Waals surface area contributed by atoms with E-state index in [9.17, 15) is 48.5 Å². The summed E-state index contributed by atoms with van der Waals surface area (Å²) in [7, 11) is 0.889. The van der Waals surface area contributed by atoms with Crippen molar-refractivity contribution < 1.29 is 151 Å². The van der Waals surface area contributed by atoms with Gasteiger partial charge in [-0.15, -0.1) is 0 Å². The number of hydrogen-bond donors (Lipinski definition) is 2. The van der Waals surface area contributed by atoms with Crippen LogP contribution in [0, 0.1) is 20.2 Å². The average molecular weight is 1570 g/mol. The molecule has 557 valence electrons. The van der Waals surface area contributed by atoms with Gasteiger partial charge in [0, 0.05) is 74.8 Å². The largest absolute Gasteiger partial charge is 1.00 e. The number of halogens is 2. The minimum atomic E-state index is -0.769. The van der Waals surface area contributed by atoms with E-state index in [-0.39, 0.29) is 89.7 Å². The molecule has 3 radical (unpaired) electrons. The first-order valence-corrected chi connectivity index (χ1v) is 33.5. The molecule has 1 atom stereocenters. The summed E-state index contributed by atoms with van der Waals surface area (Å²) in [5.41, 5.74) is 5.27. The van der Waals surface area contributed by atoms with Gasteiger partial charge in [-0.25, -0.2) is 28.8 Å². The van der Waals surface area contributed by atoms with E-state index in [0.717, 1.165) is 48.0 Å². The van der Waals surface area contributed by atoms with Crippen molar-refractivity contribution in [2.45, 2.75) is 105 Å². The number of aliphatic hydroxyl groups excluding tert-OH is 2. The average Bonchev–Trinajstić information content (AvgIpc) is 0.815. The first-order valence-electron chi connectivity index (χ1n) is 31.9. The Kier molecular flexibility index (Phi) is 55.3. The molecular weight excluding hydrogens is 1480 g/mol. The fourth-order valence-corrected chi connectivity index (χ4v) is 9.07. The maximum atomic E-state index is 12.1. The Bertz CT molecular complexity index is 3240. The molecule has 3 heterocycles. The van der Waals surface area contributed by atoms with Crippen LogP contribution in [0.5, 0.6) is 0 Å². The van der Waals surface area contributed by atoms with Gasteiger partial charge in [0.1, 0.15) is 0 Å². The van der Waals surface area contributed by atoms with Crippen LogP contribution in [0.15, 0.2) is 100 Å². The van der Waals surface area contributed by atoms with Gasteiger partial charge < -0.3 is 73.2 Å². The van der Waals surface area contributed by atoms with Gasteiger partial charge in [0.2, 0.25) is 6.54 Å². The van der Waals surface area contributed by atoms with Crippen molar-refractivity contribution >= 4 is 94.4 Å². The second kappa shape index (κ2) is 58.2. The molecule has 1 unspecified atom stereocenters. The van der Waals surface area contributed by atoms with Crippen molar-refractivity contribution in [3.05, 3.63) is 176 Å². The molecule has 7 rings (SSSR count). The Balaban J connectivity index is -0.00000122. The number of rotatable bonds is 25. The number of nitro groups is 2. The predicted molar refractivity (Wildman–Crippen MR) is 375 cm³/mol. The molecule has 33 heteroatoms. The number of hydrogen-bond acceptors (Lipinski definition) is 27. The minimum absolute atomic E-state index is 0. The van der Waals surface area contributed by atoms with Crippen LogP contribution in [-0.2, 0) is 76.0 Å². The minimum Gasteiger partial charge on any atom is -1.00 e. The maximum absolute atomic E-state index is 12.1. The standard InChI is InChI=1S/C19H25NO8.C18H22O6.C13H15BrO4.C10H9BrO3.C5H8O2.C3H8O2.CH3NO2.B.Na.H/c1-3-25-17(21)11-14(12-20(23)24)15-7-6-13(18(22)26-4-2)10-16(15)19-27-8-5-9-28-19;1-3-21-16(19)9-8-13-6-7-14(17(20)22-4-2)12-15(13)18-23-10-5-11-24-18;1-2-16-12(15)9-4-5-11(14)10(8-9)13-17-6-3-7-18-13;1-2-14-10(13)7-3-4-9(11)8(5-7)6-12;1-3-5(6)7-4-2;4-2-1-3-5;1-2(3)4;;;/h6-7,10,14,19H,3-5,8-9,11-12H2,1-2H3;6-9,12,18H,3-5,10-11H2,1-2H3;4-5,8,13H,2-3,6-7H2,1H3;3-6H,2H2,1H3;3H,1,4H2,2H3;4-5H,1-3H2;1H3;;;/q;;;;;;;;+1;-1/b;9-8+;;;;;;;;. The zero-order valence-electron chi connectivity index (χ0n) is 59.9. The fourth-order valence-electron chi connectivity index (χ4n) is 8.30. The van der Waals surface area contributed by atoms with Crippen LogP contribution < -0.4 is 29.6 Å². The van der Waals surface area contributed by atoms with Crippen LogP contribution in [-0.4, -0.2) is 189 Å². The molecule has 3 fully saturated rings. The van der Waals surface area contributed by atoms with Crippen LogP contribution in [0.3, 0.4) is 0 Å². The first kappa shape index (κ1) is 96.9. The summed E-state index contributed by atoms with van der Waals surface area (Å²) in [6.07, 6.45) is 5.83. The molecule has 0 amide bonds. The Morgan fingerprint density at radius 2 is 0.912 bits per heavy atom. The number of carbonyl (C=O) groups excluding carboxylic acids is 8. The summed E-state index contributed by atoms with van der Waals surface area (Å²) in [4.78, 5) is 110. The second-order valence-electron chi connectivity index (χ2n) is 19.9. The summed E-state index contributed by atoms with van der Waals surface area (Å²) in [5.74, 6) is -3.72. The Morgan fingerprint density at radius 1 is 0.549 bits per heavy atom. The van der Waals surface area contributed by atoms with E-state index in [4.69, 9.17) is 77.2 Å². The molecule has 3 aliphatic rings. The summed E-state index contributed by atoms with van der Waals surface area (Å²) >= 11 is 6.64. The van der Waals surface area contributed by atoms with E-state index in [2.05, 4.69) is 43.2 Å². The van der Waals surface area contributed by atoms with Crippen molar-refractivity contribution in [1.29, 1.82) is 0 Å². The van der Waals surface area contributed by atoms with E-state index < -0.39 is 71.0 Å². The summed E-state index contributed by atoms with van der Waals surface area (Å²) < 4.78 is 69.3. The molecule has 4 aromatic carbocycles. The van der Waals surface area contributed by atoms with Gasteiger partial charge in [0.05, 0.1) is 120 Å². The topological polar surface area (TPSA) is 383 Å². The molecule has 3 saturated heterocycles. The van der Waals surface area contributed by atoms with Crippen LogP contribution in [0.4, 0.5) is 0 Å². The Morgan fingerprint density at radius 3 is 1.29 bits per heavy atom. The third-order valence-corrected chi connectivity index (χ3v) is 14.0. The van der Waals surface area contributed by atoms with E-state index in [1.165, 1.54) is 18.2 Å². The normalized spacial score (nSPS) is 13.3. The number of nitrogens with zero attached hydrogens (tertiary/aromatic N) is 2. The third-order valence-electron chi connectivity index (χ3n) is 12.6. The second-order valence-corrected chi connectivity index (χ2v) is 21.7. The molecule has 0 saturated carbocycles. The van der Waals surface area contributed by atoms with E-state index in [1.807, 2.05) is 6.07 Å². The Labute approximate surface area is 635 Å². The molecule has 0 spiro atoms. The molecule has 0 aliphatic carbocycles. The van der Waals surface area contributed by atoms with Gasteiger partial charge >= 0.3 is 71.3 Å². The zero-order valence-corrected chi connectivity index (χ0v) is 64.1. The molecule has 0 bridgehead atoms. The van der Waals surface area contributed by atoms with Crippen LogP contribution in [0.1, 0.15) is 186 Å². The van der Waals surface area contributed by atoms with Gasteiger partial charge in [0.25, 0.3) is 0 Å². The number of aliphatic hydroxyl groups is 2. The van der Waals surface area contributed by atoms with Crippen molar-refractivity contribution in [3.63, 3.8) is 0 Å². The monoisotopic (exact) mass is 1570 g/mol. The van der Waals surface area contributed by atoms with Crippen LogP contribution >= 0.6 is 31.9 Å². The number of esters is 7. The SMILES string of the molecule is C=CC(=O)OCC.CCOC(=O)/C=C/c1ccc(C(=O)OCC)cc1C1OCCCO1.CCOC(=O)CC(C[N+](=O)[O-])c1ccc(C(=O)OCC)cc1C1OCCCO1.CCOC(=O)c1ccc(Br)c(C2OCCCO2)c1.CCOC(=O)c1ccc(Br)c(C=O)c1.C[N+](=O)[O-].OCCCO.[B].[H-].[Na+]. The molecule has 4 aromatic rings. The van der Waals surface area contributed by atoms with Gasteiger partial charge in [-0.1, -0.05) is 50.6 Å². The first-order chi connectivity index (χ1) is 48.0. The van der Waals surface area contributed by atoms with Crippen molar-refractivity contribution in [2.75, 3.05) is 113 Å². The smallest absolute Gasteiger partial charge is 1.00 e. The van der Waals surface area contributed by atoms with Crippen molar-refractivity contribution in [3.8, 4) is 0 Å². The molecule has 29 nitrogen and oxygen atoms in total. The predicted octanol–water partition coefficient (Wildman–Crippen LogP) is 7.71. The molecular formula is C69H91BBr2N2NaO27. The molecule has 2 N–H and O–H groups in total. The molecule has 0 aromatic heterocycles.